The standard InChI is InChI=1S/C24H30N4O2S/c1-16-17(2)31-24-21(16)23(26-20(27-24)15-28-9-12-29-13-10-28)25-14-19-8-11-30-22(19)18-6-4-3-5-7-18/h3-7,19,22H,8-15H2,1-2H3,(H,25,26,27). The summed E-state index contributed by atoms with van der Waals surface area (Å²) in [6.45, 7) is 10.2. The Kier molecular flexibility index (Phi) is 6.18. The van der Waals surface area contributed by atoms with E-state index >= 15 is 0 Å². The van der Waals surface area contributed by atoms with Crippen LogP contribution in [0.5, 0.6) is 0 Å². The fourth-order valence-electron chi connectivity index (χ4n) is 4.53. The summed E-state index contributed by atoms with van der Waals surface area (Å²) in [6.07, 6.45) is 1.20. The molecule has 2 aliphatic heterocycles. The Morgan fingerprint density at radius 3 is 2.71 bits per heavy atom. The van der Waals surface area contributed by atoms with Gasteiger partial charge in [0.25, 0.3) is 0 Å². The lowest BCUT2D eigenvalue weighted by atomic mass is 9.95. The molecule has 3 aromatic rings. The van der Waals surface area contributed by atoms with Crippen LogP contribution >= 0.6 is 11.3 Å². The molecule has 0 spiro atoms. The predicted molar refractivity (Wildman–Crippen MR) is 125 cm³/mol. The highest BCUT2D eigenvalue weighted by Crippen LogP contribution is 2.37. The molecular formula is C24H30N4O2S. The van der Waals surface area contributed by atoms with Crippen molar-refractivity contribution in [2.45, 2.75) is 32.9 Å². The van der Waals surface area contributed by atoms with Crippen molar-refractivity contribution in [2.24, 2.45) is 5.92 Å². The van der Waals surface area contributed by atoms with Crippen LogP contribution in [0.3, 0.4) is 0 Å². The van der Waals surface area contributed by atoms with Gasteiger partial charge < -0.3 is 14.8 Å². The third-order valence-electron chi connectivity index (χ3n) is 6.42. The summed E-state index contributed by atoms with van der Waals surface area (Å²) in [5, 5.41) is 4.86. The summed E-state index contributed by atoms with van der Waals surface area (Å²) in [5.74, 6) is 2.28. The molecule has 7 heteroatoms. The zero-order valence-electron chi connectivity index (χ0n) is 18.3. The van der Waals surface area contributed by atoms with Crippen molar-refractivity contribution < 1.29 is 9.47 Å². The van der Waals surface area contributed by atoms with Crippen LogP contribution in [-0.2, 0) is 16.0 Å². The predicted octanol–water partition coefficient (Wildman–Crippen LogP) is 4.33. The summed E-state index contributed by atoms with van der Waals surface area (Å²) in [4.78, 5) is 14.7. The summed E-state index contributed by atoms with van der Waals surface area (Å²) in [6, 6.07) is 10.6. The molecule has 2 unspecified atom stereocenters. The molecule has 0 saturated carbocycles. The van der Waals surface area contributed by atoms with E-state index < -0.39 is 0 Å². The van der Waals surface area contributed by atoms with Gasteiger partial charge in [-0.05, 0) is 31.4 Å². The molecule has 2 fully saturated rings. The van der Waals surface area contributed by atoms with Gasteiger partial charge in [0.05, 0.1) is 31.2 Å². The van der Waals surface area contributed by atoms with Crippen LogP contribution in [0.25, 0.3) is 10.2 Å². The summed E-state index contributed by atoms with van der Waals surface area (Å²) in [5.41, 5.74) is 2.54. The Morgan fingerprint density at radius 1 is 1.10 bits per heavy atom. The van der Waals surface area contributed by atoms with E-state index in [1.165, 1.54) is 21.4 Å². The van der Waals surface area contributed by atoms with Crippen molar-refractivity contribution in [2.75, 3.05) is 44.8 Å². The fraction of sp³-hybridized carbons (Fsp3) is 0.500. The Bertz CT molecular complexity index is 1030. The molecular weight excluding hydrogens is 408 g/mol. The van der Waals surface area contributed by atoms with E-state index in [1.54, 1.807) is 11.3 Å². The topological polar surface area (TPSA) is 59.5 Å². The maximum atomic E-state index is 6.09. The summed E-state index contributed by atoms with van der Waals surface area (Å²) in [7, 11) is 0. The number of ether oxygens (including phenoxy) is 2. The molecule has 5 rings (SSSR count). The summed E-state index contributed by atoms with van der Waals surface area (Å²) < 4.78 is 11.6. The van der Waals surface area contributed by atoms with Gasteiger partial charge in [-0.2, -0.15) is 0 Å². The maximum Gasteiger partial charge on any atom is 0.146 e. The van der Waals surface area contributed by atoms with Crippen LogP contribution < -0.4 is 5.32 Å². The second kappa shape index (κ2) is 9.20. The first-order valence-electron chi connectivity index (χ1n) is 11.2. The molecule has 31 heavy (non-hydrogen) atoms. The molecule has 1 aromatic carbocycles. The third kappa shape index (κ3) is 4.46. The third-order valence-corrected chi connectivity index (χ3v) is 7.52. The van der Waals surface area contributed by atoms with Crippen LogP contribution in [0.4, 0.5) is 5.82 Å². The molecule has 0 radical (unpaired) electrons. The number of morpholine rings is 1. The SMILES string of the molecule is Cc1sc2nc(CN3CCOCC3)nc(NCC3CCOC3c3ccccc3)c2c1C. The number of nitrogens with zero attached hydrogens (tertiary/aromatic N) is 3. The van der Waals surface area contributed by atoms with Crippen molar-refractivity contribution in [3.63, 3.8) is 0 Å². The molecule has 0 bridgehead atoms. The Labute approximate surface area is 187 Å². The minimum atomic E-state index is 0.143. The van der Waals surface area contributed by atoms with Gasteiger partial charge in [0.1, 0.15) is 16.5 Å². The van der Waals surface area contributed by atoms with E-state index in [0.29, 0.717) is 5.92 Å². The van der Waals surface area contributed by atoms with E-state index in [4.69, 9.17) is 19.4 Å². The minimum absolute atomic E-state index is 0.143. The van der Waals surface area contributed by atoms with Gasteiger partial charge in [-0.3, -0.25) is 4.90 Å². The van der Waals surface area contributed by atoms with E-state index in [0.717, 1.165) is 68.9 Å². The molecule has 2 aliphatic rings. The largest absolute Gasteiger partial charge is 0.379 e. The fourth-order valence-corrected chi connectivity index (χ4v) is 5.58. The first-order valence-corrected chi connectivity index (χ1v) is 12.0. The smallest absolute Gasteiger partial charge is 0.146 e. The van der Waals surface area contributed by atoms with Gasteiger partial charge in [-0.1, -0.05) is 30.3 Å². The molecule has 2 aromatic heterocycles. The Hall–Kier alpha value is -2.06. The normalized spacial score (nSPS) is 22.3. The average Bonchev–Trinajstić information content (AvgIpc) is 3.38. The van der Waals surface area contributed by atoms with Crippen LogP contribution in [0.15, 0.2) is 30.3 Å². The van der Waals surface area contributed by atoms with Crippen molar-refractivity contribution in [3.8, 4) is 0 Å². The lowest BCUT2D eigenvalue weighted by Crippen LogP contribution is -2.36. The monoisotopic (exact) mass is 438 g/mol. The number of aromatic nitrogens is 2. The van der Waals surface area contributed by atoms with E-state index in [2.05, 4.69) is 54.4 Å². The van der Waals surface area contributed by atoms with Crippen LogP contribution in [0, 0.1) is 19.8 Å². The van der Waals surface area contributed by atoms with Crippen LogP contribution in [-0.4, -0.2) is 54.3 Å². The highest BCUT2D eigenvalue weighted by atomic mass is 32.1. The number of rotatable bonds is 6. The zero-order valence-corrected chi connectivity index (χ0v) is 19.1. The number of thiophene rings is 1. The number of aryl methyl sites for hydroxylation is 2. The van der Waals surface area contributed by atoms with Gasteiger partial charge in [-0.15, -0.1) is 11.3 Å². The molecule has 1 N–H and O–H groups in total. The number of hydrogen-bond acceptors (Lipinski definition) is 7. The number of benzene rings is 1. The van der Waals surface area contributed by atoms with Crippen molar-refractivity contribution in [1.29, 1.82) is 0 Å². The molecule has 164 valence electrons. The molecule has 0 amide bonds. The second-order valence-electron chi connectivity index (χ2n) is 8.47. The maximum absolute atomic E-state index is 6.09. The van der Waals surface area contributed by atoms with Gasteiger partial charge in [-0.25, -0.2) is 9.97 Å². The second-order valence-corrected chi connectivity index (χ2v) is 9.68. The molecule has 6 nitrogen and oxygen atoms in total. The lowest BCUT2D eigenvalue weighted by Gasteiger charge is -2.26. The molecule has 2 saturated heterocycles. The Balaban J connectivity index is 1.38. The highest BCUT2D eigenvalue weighted by molar-refractivity contribution is 7.18. The van der Waals surface area contributed by atoms with E-state index in [-0.39, 0.29) is 6.10 Å². The molecule has 2 atom stereocenters. The van der Waals surface area contributed by atoms with E-state index in [9.17, 15) is 0 Å². The van der Waals surface area contributed by atoms with Crippen molar-refractivity contribution in [1.82, 2.24) is 14.9 Å². The van der Waals surface area contributed by atoms with Gasteiger partial charge in [0.15, 0.2) is 0 Å². The molecule has 4 heterocycles. The summed E-state index contributed by atoms with van der Waals surface area (Å²) >= 11 is 1.77. The highest BCUT2D eigenvalue weighted by Gasteiger charge is 2.30. The van der Waals surface area contributed by atoms with Crippen molar-refractivity contribution in [3.05, 3.63) is 52.2 Å². The zero-order chi connectivity index (χ0) is 21.2. The lowest BCUT2D eigenvalue weighted by molar-refractivity contribution is 0.0331. The van der Waals surface area contributed by atoms with E-state index in [1.807, 2.05) is 0 Å². The van der Waals surface area contributed by atoms with Gasteiger partial charge in [0.2, 0.25) is 0 Å². The van der Waals surface area contributed by atoms with Gasteiger partial charge >= 0.3 is 0 Å². The van der Waals surface area contributed by atoms with Crippen LogP contribution in [0.1, 0.15) is 34.4 Å². The van der Waals surface area contributed by atoms with Gasteiger partial charge in [0, 0.05) is 37.0 Å². The first-order chi connectivity index (χ1) is 15.2. The Morgan fingerprint density at radius 2 is 1.90 bits per heavy atom. The molecule has 0 aliphatic carbocycles. The number of nitrogens with one attached hydrogen (secondary N) is 1. The minimum Gasteiger partial charge on any atom is -0.379 e. The number of fused-ring (bicyclic) bond motifs is 1. The van der Waals surface area contributed by atoms with Crippen LogP contribution in [0.2, 0.25) is 0 Å². The average molecular weight is 439 g/mol. The number of anilines is 1. The number of hydrogen-bond donors (Lipinski definition) is 1. The quantitative estimate of drug-likeness (QED) is 0.618. The van der Waals surface area contributed by atoms with Crippen molar-refractivity contribution >= 4 is 27.4 Å². The first kappa shape index (κ1) is 20.8.